The summed E-state index contributed by atoms with van der Waals surface area (Å²) in [6.45, 7) is 6.11. The molecule has 1 fully saturated rings. The van der Waals surface area contributed by atoms with E-state index in [1.807, 2.05) is 6.92 Å². The second-order valence-electron chi connectivity index (χ2n) is 5.50. The van der Waals surface area contributed by atoms with Crippen LogP contribution in [0.15, 0.2) is 22.7 Å². The van der Waals surface area contributed by atoms with Crippen molar-refractivity contribution >= 4 is 33.4 Å². The summed E-state index contributed by atoms with van der Waals surface area (Å²) in [5.74, 6) is -0.619. The molecule has 2 rings (SSSR count). The van der Waals surface area contributed by atoms with Gasteiger partial charge in [-0.1, -0.05) is 15.9 Å². The number of carbonyl (C=O) groups is 2. The molecular formula is C15H20BrFN3O2+. The topological polar surface area (TPSA) is 53.9 Å². The number of halogens is 2. The van der Waals surface area contributed by atoms with Gasteiger partial charge in [0, 0.05) is 11.4 Å². The van der Waals surface area contributed by atoms with Gasteiger partial charge in [-0.2, -0.15) is 0 Å². The molecule has 1 heterocycles. The van der Waals surface area contributed by atoms with Crippen LogP contribution in [0.25, 0.3) is 0 Å². The number of nitrogens with zero attached hydrogens (tertiary/aromatic N) is 1. The molecule has 0 radical (unpaired) electrons. The lowest BCUT2D eigenvalue weighted by molar-refractivity contribution is -0.917. The smallest absolute Gasteiger partial charge is 0.282 e. The third kappa shape index (κ3) is 4.04. The van der Waals surface area contributed by atoms with Crippen molar-refractivity contribution in [2.24, 2.45) is 0 Å². The zero-order valence-corrected chi connectivity index (χ0v) is 14.2. The predicted octanol–water partition coefficient (Wildman–Crippen LogP) is 0.662. The van der Waals surface area contributed by atoms with E-state index in [2.05, 4.69) is 21.2 Å². The monoisotopic (exact) mass is 372 g/mol. The van der Waals surface area contributed by atoms with Crippen molar-refractivity contribution in [3.05, 3.63) is 28.5 Å². The van der Waals surface area contributed by atoms with Crippen molar-refractivity contribution < 1.29 is 18.9 Å². The summed E-state index contributed by atoms with van der Waals surface area (Å²) in [6.07, 6.45) is 0. The average molecular weight is 373 g/mol. The van der Waals surface area contributed by atoms with Gasteiger partial charge in [-0.15, -0.1) is 0 Å². The van der Waals surface area contributed by atoms with E-state index < -0.39 is 5.82 Å². The molecule has 22 heavy (non-hydrogen) atoms. The van der Waals surface area contributed by atoms with Crippen LogP contribution in [-0.2, 0) is 9.59 Å². The van der Waals surface area contributed by atoms with Gasteiger partial charge in [0.05, 0.1) is 31.9 Å². The molecule has 1 saturated heterocycles. The van der Waals surface area contributed by atoms with Gasteiger partial charge in [-0.25, -0.2) is 4.39 Å². The summed E-state index contributed by atoms with van der Waals surface area (Å²) in [5.41, 5.74) is 0.182. The van der Waals surface area contributed by atoms with E-state index >= 15 is 0 Å². The molecule has 2 N–H and O–H groups in total. The Bertz CT molecular complexity index is 574. The van der Waals surface area contributed by atoms with Crippen LogP contribution in [0.1, 0.15) is 13.8 Å². The molecule has 120 valence electrons. The van der Waals surface area contributed by atoms with Crippen molar-refractivity contribution in [1.82, 2.24) is 4.90 Å². The molecule has 0 bridgehead atoms. The molecule has 7 heteroatoms. The highest BCUT2D eigenvalue weighted by Gasteiger charge is 2.30. The number of rotatable bonds is 3. The maximum absolute atomic E-state index is 13.8. The van der Waals surface area contributed by atoms with Crippen molar-refractivity contribution in [2.75, 3.05) is 31.5 Å². The number of anilines is 1. The highest BCUT2D eigenvalue weighted by atomic mass is 79.9. The summed E-state index contributed by atoms with van der Waals surface area (Å²) in [7, 11) is 0. The zero-order chi connectivity index (χ0) is 16.3. The van der Waals surface area contributed by atoms with Crippen LogP contribution in [0.5, 0.6) is 0 Å². The first-order valence-corrected chi connectivity index (χ1v) is 8.04. The maximum Gasteiger partial charge on any atom is 0.282 e. The largest absolute Gasteiger partial charge is 0.332 e. The molecule has 1 atom stereocenters. The van der Waals surface area contributed by atoms with Crippen molar-refractivity contribution in [3.63, 3.8) is 0 Å². The van der Waals surface area contributed by atoms with Gasteiger partial charge in [-0.05, 0) is 25.1 Å². The molecule has 0 unspecified atom stereocenters. The Morgan fingerprint density at radius 3 is 2.55 bits per heavy atom. The normalized spacial score (nSPS) is 17.2. The molecule has 2 amide bonds. The van der Waals surface area contributed by atoms with Crippen molar-refractivity contribution in [3.8, 4) is 0 Å². The van der Waals surface area contributed by atoms with E-state index in [0.717, 1.165) is 18.0 Å². The third-order valence-electron chi connectivity index (χ3n) is 4.05. The minimum atomic E-state index is -0.466. The molecule has 1 aliphatic rings. The number of quaternary nitrogens is 1. The zero-order valence-electron chi connectivity index (χ0n) is 12.7. The van der Waals surface area contributed by atoms with Crippen LogP contribution in [0, 0.1) is 5.82 Å². The Hall–Kier alpha value is -1.47. The fourth-order valence-corrected chi connectivity index (χ4v) is 2.89. The van der Waals surface area contributed by atoms with E-state index in [9.17, 15) is 14.0 Å². The molecule has 0 aromatic heterocycles. The van der Waals surface area contributed by atoms with E-state index in [1.54, 1.807) is 17.9 Å². The number of benzene rings is 1. The lowest BCUT2D eigenvalue weighted by Crippen LogP contribution is -3.19. The van der Waals surface area contributed by atoms with Crippen molar-refractivity contribution in [1.29, 1.82) is 0 Å². The average Bonchev–Trinajstić information content (AvgIpc) is 2.49. The highest BCUT2D eigenvalue weighted by molar-refractivity contribution is 9.10. The minimum absolute atomic E-state index is 0.0630. The summed E-state index contributed by atoms with van der Waals surface area (Å²) < 4.78 is 14.4. The van der Waals surface area contributed by atoms with Gasteiger partial charge >= 0.3 is 0 Å². The fraction of sp³-hybridized carbons (Fsp3) is 0.467. The Kier molecular flexibility index (Phi) is 5.52. The standard InChI is InChI=1S/C15H19BrFN3O2/c1-10(19-5-7-20(8-6-19)11(2)21)15(22)18-14-4-3-12(16)9-13(14)17/h3-4,9-10H,5-8H2,1-2H3,(H,18,22)/p+1/t10-/m1/s1. The Labute approximate surface area is 137 Å². The number of hydrogen-bond donors (Lipinski definition) is 2. The van der Waals surface area contributed by atoms with Gasteiger partial charge in [0.2, 0.25) is 5.91 Å². The van der Waals surface area contributed by atoms with Crippen LogP contribution in [-0.4, -0.2) is 48.9 Å². The van der Waals surface area contributed by atoms with Gasteiger partial charge in [0.1, 0.15) is 5.82 Å². The Morgan fingerprint density at radius 1 is 1.36 bits per heavy atom. The number of hydrogen-bond acceptors (Lipinski definition) is 2. The van der Waals surface area contributed by atoms with Gasteiger partial charge < -0.3 is 15.1 Å². The fourth-order valence-electron chi connectivity index (χ4n) is 2.56. The molecule has 5 nitrogen and oxygen atoms in total. The van der Waals surface area contributed by atoms with Gasteiger partial charge in [0.15, 0.2) is 6.04 Å². The summed E-state index contributed by atoms with van der Waals surface area (Å²) in [6, 6.07) is 4.24. The van der Waals surface area contributed by atoms with Gasteiger partial charge in [-0.3, -0.25) is 9.59 Å². The van der Waals surface area contributed by atoms with Crippen LogP contribution in [0.2, 0.25) is 0 Å². The molecule has 0 spiro atoms. The summed E-state index contributed by atoms with van der Waals surface area (Å²) in [5, 5.41) is 2.63. The summed E-state index contributed by atoms with van der Waals surface area (Å²) >= 11 is 3.18. The van der Waals surface area contributed by atoms with Crippen LogP contribution in [0.3, 0.4) is 0 Å². The van der Waals surface area contributed by atoms with E-state index in [4.69, 9.17) is 0 Å². The maximum atomic E-state index is 13.8. The first-order chi connectivity index (χ1) is 10.4. The molecule has 1 aliphatic heterocycles. The van der Waals surface area contributed by atoms with Crippen LogP contribution >= 0.6 is 15.9 Å². The predicted molar refractivity (Wildman–Crippen MR) is 85.1 cm³/mol. The molecule has 0 saturated carbocycles. The molecule has 1 aromatic rings. The highest BCUT2D eigenvalue weighted by Crippen LogP contribution is 2.19. The SMILES string of the molecule is CC(=O)N1CC[NH+]([C@H](C)C(=O)Nc2ccc(Br)cc2F)CC1. The van der Waals surface area contributed by atoms with E-state index in [-0.39, 0.29) is 23.5 Å². The number of carbonyl (C=O) groups excluding carboxylic acids is 2. The lowest BCUT2D eigenvalue weighted by atomic mass is 10.2. The number of piperazine rings is 1. The lowest BCUT2D eigenvalue weighted by Gasteiger charge is -2.34. The first-order valence-electron chi connectivity index (χ1n) is 7.24. The number of amides is 2. The third-order valence-corrected chi connectivity index (χ3v) is 4.54. The summed E-state index contributed by atoms with van der Waals surface area (Å²) in [4.78, 5) is 26.5. The number of nitrogens with one attached hydrogen (secondary N) is 2. The van der Waals surface area contributed by atoms with Gasteiger partial charge in [0.25, 0.3) is 5.91 Å². The van der Waals surface area contributed by atoms with Crippen LogP contribution in [0.4, 0.5) is 10.1 Å². The Morgan fingerprint density at radius 2 is 2.00 bits per heavy atom. The second kappa shape index (κ2) is 7.19. The Balaban J connectivity index is 1.94. The molecule has 0 aliphatic carbocycles. The van der Waals surface area contributed by atoms with Crippen LogP contribution < -0.4 is 10.2 Å². The molecule has 1 aromatic carbocycles. The van der Waals surface area contributed by atoms with E-state index in [0.29, 0.717) is 17.6 Å². The first kappa shape index (κ1) is 16.9. The molecular weight excluding hydrogens is 353 g/mol. The van der Waals surface area contributed by atoms with Crippen molar-refractivity contribution in [2.45, 2.75) is 19.9 Å². The minimum Gasteiger partial charge on any atom is -0.332 e. The second-order valence-corrected chi connectivity index (χ2v) is 6.42. The van der Waals surface area contributed by atoms with E-state index in [1.165, 1.54) is 12.1 Å². The quantitative estimate of drug-likeness (QED) is 0.818.